The first-order valence-corrected chi connectivity index (χ1v) is 8.47. The molecule has 1 atom stereocenters. The van der Waals surface area contributed by atoms with Crippen molar-refractivity contribution in [3.8, 4) is 5.75 Å². The van der Waals surface area contributed by atoms with Gasteiger partial charge < -0.3 is 19.5 Å². The molecule has 0 radical (unpaired) electrons. The van der Waals surface area contributed by atoms with Crippen LogP contribution in [0, 0.1) is 6.92 Å². The third-order valence-electron chi connectivity index (χ3n) is 4.19. The van der Waals surface area contributed by atoms with Crippen molar-refractivity contribution in [2.45, 2.75) is 13.0 Å². The zero-order chi connectivity index (χ0) is 18.5. The highest BCUT2D eigenvalue weighted by molar-refractivity contribution is 6.14. The van der Waals surface area contributed by atoms with Crippen molar-refractivity contribution in [3.05, 3.63) is 59.7 Å². The summed E-state index contributed by atoms with van der Waals surface area (Å²) in [7, 11) is 1.61. The number of amidine groups is 1. The Morgan fingerprint density at radius 1 is 1.23 bits per heavy atom. The standard InChI is InChI=1S/C20H22N2O4/c1-14-7-9-15(10-8-14)22-13-17(20(24)26-12-11-23)21-19(22)16-5-3-4-6-18(16)25-2/h3-10,17,23H,11-13H2,1-2H3. The number of rotatable bonds is 6. The molecule has 1 aliphatic rings. The van der Waals surface area contributed by atoms with Crippen LogP contribution in [0.5, 0.6) is 5.75 Å². The average Bonchev–Trinajstić information content (AvgIpc) is 3.12. The Labute approximate surface area is 152 Å². The molecule has 0 spiro atoms. The van der Waals surface area contributed by atoms with Gasteiger partial charge in [-0.1, -0.05) is 29.8 Å². The Kier molecular flexibility index (Phi) is 5.53. The molecule has 1 N–H and O–H groups in total. The zero-order valence-corrected chi connectivity index (χ0v) is 14.9. The molecule has 136 valence electrons. The Morgan fingerprint density at radius 2 is 1.96 bits per heavy atom. The minimum absolute atomic E-state index is 0.0284. The molecule has 1 unspecified atom stereocenters. The van der Waals surface area contributed by atoms with Crippen molar-refractivity contribution in [2.24, 2.45) is 4.99 Å². The van der Waals surface area contributed by atoms with Gasteiger partial charge in [0.15, 0.2) is 6.04 Å². The van der Waals surface area contributed by atoms with Crippen LogP contribution in [-0.2, 0) is 9.53 Å². The second kappa shape index (κ2) is 8.01. The maximum Gasteiger partial charge on any atom is 0.332 e. The number of aliphatic hydroxyl groups excluding tert-OH is 1. The molecule has 26 heavy (non-hydrogen) atoms. The van der Waals surface area contributed by atoms with E-state index in [0.29, 0.717) is 18.1 Å². The maximum atomic E-state index is 12.3. The summed E-state index contributed by atoms with van der Waals surface area (Å²) in [4.78, 5) is 18.9. The van der Waals surface area contributed by atoms with Crippen LogP contribution in [0.3, 0.4) is 0 Å². The van der Waals surface area contributed by atoms with Crippen LogP contribution in [0.1, 0.15) is 11.1 Å². The monoisotopic (exact) mass is 354 g/mol. The van der Waals surface area contributed by atoms with Crippen LogP contribution in [0.15, 0.2) is 53.5 Å². The SMILES string of the molecule is COc1ccccc1C1=NC(C(=O)OCCO)CN1c1ccc(C)cc1. The van der Waals surface area contributed by atoms with E-state index in [1.54, 1.807) is 7.11 Å². The van der Waals surface area contributed by atoms with E-state index in [0.717, 1.165) is 16.8 Å². The van der Waals surface area contributed by atoms with Gasteiger partial charge in [-0.15, -0.1) is 0 Å². The van der Waals surface area contributed by atoms with Crippen molar-refractivity contribution < 1.29 is 19.4 Å². The number of hydrogen-bond donors (Lipinski definition) is 1. The van der Waals surface area contributed by atoms with Gasteiger partial charge in [0.1, 0.15) is 18.2 Å². The van der Waals surface area contributed by atoms with Crippen LogP contribution in [-0.4, -0.2) is 49.8 Å². The van der Waals surface area contributed by atoms with E-state index in [2.05, 4.69) is 4.99 Å². The van der Waals surface area contributed by atoms with Gasteiger partial charge in [-0.3, -0.25) is 4.99 Å². The molecular formula is C20H22N2O4. The Balaban J connectivity index is 1.98. The number of nitrogens with zero attached hydrogens (tertiary/aromatic N) is 2. The second-order valence-corrected chi connectivity index (χ2v) is 6.01. The van der Waals surface area contributed by atoms with Crippen molar-refractivity contribution >= 4 is 17.5 Å². The molecule has 1 aliphatic heterocycles. The summed E-state index contributed by atoms with van der Waals surface area (Å²) in [6.07, 6.45) is 0. The third kappa shape index (κ3) is 3.70. The first-order chi connectivity index (χ1) is 12.6. The number of anilines is 1. The number of hydrogen-bond acceptors (Lipinski definition) is 6. The highest BCUT2D eigenvalue weighted by Crippen LogP contribution is 2.28. The molecule has 2 aromatic rings. The lowest BCUT2D eigenvalue weighted by Gasteiger charge is -2.22. The molecule has 0 aromatic heterocycles. The Hall–Kier alpha value is -2.86. The number of aryl methyl sites for hydroxylation is 1. The first kappa shape index (κ1) is 17.9. The Bertz CT molecular complexity index is 802. The van der Waals surface area contributed by atoms with Crippen LogP contribution in [0.25, 0.3) is 0 Å². The van der Waals surface area contributed by atoms with E-state index in [1.807, 2.05) is 60.4 Å². The number of benzene rings is 2. The smallest absolute Gasteiger partial charge is 0.332 e. The molecule has 3 rings (SSSR count). The predicted molar refractivity (Wildman–Crippen MR) is 99.9 cm³/mol. The van der Waals surface area contributed by atoms with E-state index >= 15 is 0 Å². The van der Waals surface area contributed by atoms with E-state index in [9.17, 15) is 4.79 Å². The average molecular weight is 354 g/mol. The lowest BCUT2D eigenvalue weighted by atomic mass is 10.1. The fraction of sp³-hybridized carbons (Fsp3) is 0.300. The number of carbonyl (C=O) groups is 1. The fourth-order valence-electron chi connectivity index (χ4n) is 2.88. The zero-order valence-electron chi connectivity index (χ0n) is 14.9. The number of para-hydroxylation sites is 1. The second-order valence-electron chi connectivity index (χ2n) is 6.01. The topological polar surface area (TPSA) is 71.4 Å². The van der Waals surface area contributed by atoms with Gasteiger partial charge >= 0.3 is 5.97 Å². The molecule has 2 aromatic carbocycles. The summed E-state index contributed by atoms with van der Waals surface area (Å²) in [5.74, 6) is 0.908. The predicted octanol–water partition coefficient (Wildman–Crippen LogP) is 2.17. The number of methoxy groups -OCH3 is 1. The quantitative estimate of drug-likeness (QED) is 0.805. The van der Waals surface area contributed by atoms with Crippen LogP contribution in [0.2, 0.25) is 0 Å². The number of aliphatic hydroxyl groups is 1. The number of carbonyl (C=O) groups excluding carboxylic acids is 1. The van der Waals surface area contributed by atoms with Crippen LogP contribution >= 0.6 is 0 Å². The molecule has 0 bridgehead atoms. The summed E-state index contributed by atoms with van der Waals surface area (Å²) < 4.78 is 10.5. The van der Waals surface area contributed by atoms with Gasteiger partial charge in [0.25, 0.3) is 0 Å². The lowest BCUT2D eigenvalue weighted by molar-refractivity contribution is -0.145. The molecule has 6 heteroatoms. The molecule has 0 saturated carbocycles. The number of esters is 1. The van der Waals surface area contributed by atoms with Crippen molar-refractivity contribution in [3.63, 3.8) is 0 Å². The fourth-order valence-corrected chi connectivity index (χ4v) is 2.88. The van der Waals surface area contributed by atoms with Gasteiger partial charge in [0.2, 0.25) is 0 Å². The summed E-state index contributed by atoms with van der Waals surface area (Å²) in [6.45, 7) is 2.17. The highest BCUT2D eigenvalue weighted by Gasteiger charge is 2.34. The van der Waals surface area contributed by atoms with Crippen molar-refractivity contribution in [2.75, 3.05) is 31.8 Å². The number of aliphatic imine (C=N–C) groups is 1. The summed E-state index contributed by atoms with van der Waals surface area (Å²) in [5.41, 5.74) is 2.91. The highest BCUT2D eigenvalue weighted by atomic mass is 16.5. The lowest BCUT2D eigenvalue weighted by Crippen LogP contribution is -2.33. The molecule has 0 amide bonds. The normalized spacial score (nSPS) is 16.3. The van der Waals surface area contributed by atoms with E-state index in [4.69, 9.17) is 14.6 Å². The maximum absolute atomic E-state index is 12.3. The minimum atomic E-state index is -0.650. The molecule has 1 heterocycles. The van der Waals surface area contributed by atoms with Gasteiger partial charge in [-0.2, -0.15) is 0 Å². The third-order valence-corrected chi connectivity index (χ3v) is 4.19. The van der Waals surface area contributed by atoms with Gasteiger partial charge in [0.05, 0.1) is 25.8 Å². The van der Waals surface area contributed by atoms with E-state index in [-0.39, 0.29) is 13.2 Å². The van der Waals surface area contributed by atoms with Crippen molar-refractivity contribution in [1.82, 2.24) is 0 Å². The largest absolute Gasteiger partial charge is 0.496 e. The summed E-state index contributed by atoms with van der Waals surface area (Å²) in [6, 6.07) is 15.0. The van der Waals surface area contributed by atoms with E-state index < -0.39 is 12.0 Å². The van der Waals surface area contributed by atoms with E-state index in [1.165, 1.54) is 0 Å². The minimum Gasteiger partial charge on any atom is -0.496 e. The molecule has 0 aliphatic carbocycles. The van der Waals surface area contributed by atoms with Gasteiger partial charge in [-0.05, 0) is 31.2 Å². The number of ether oxygens (including phenoxy) is 2. The van der Waals surface area contributed by atoms with Gasteiger partial charge in [0, 0.05) is 5.69 Å². The van der Waals surface area contributed by atoms with Crippen LogP contribution < -0.4 is 9.64 Å². The Morgan fingerprint density at radius 3 is 2.65 bits per heavy atom. The first-order valence-electron chi connectivity index (χ1n) is 8.47. The summed E-state index contributed by atoms with van der Waals surface area (Å²) >= 11 is 0. The molecular weight excluding hydrogens is 332 g/mol. The molecule has 6 nitrogen and oxygen atoms in total. The molecule has 0 fully saturated rings. The molecule has 0 saturated heterocycles. The van der Waals surface area contributed by atoms with Gasteiger partial charge in [-0.25, -0.2) is 4.79 Å². The van der Waals surface area contributed by atoms with Crippen molar-refractivity contribution in [1.29, 1.82) is 0 Å². The summed E-state index contributed by atoms with van der Waals surface area (Å²) in [5, 5.41) is 8.87. The van der Waals surface area contributed by atoms with Crippen LogP contribution in [0.4, 0.5) is 5.69 Å².